The van der Waals surface area contributed by atoms with Crippen LogP contribution in [0.5, 0.6) is 0 Å². The third-order valence-electron chi connectivity index (χ3n) is 4.92. The fraction of sp³-hybridized carbons (Fsp3) is 0.571. The molecule has 1 aromatic heterocycles. The van der Waals surface area contributed by atoms with Crippen molar-refractivity contribution in [2.24, 2.45) is 0 Å². The molecule has 1 amide bonds. The summed E-state index contributed by atoms with van der Waals surface area (Å²) >= 11 is 0. The molecule has 3 rings (SSSR count). The maximum Gasteiger partial charge on any atom is 0.258 e. The molecule has 2 aromatic rings. The number of ether oxygens (including phenoxy) is 1. The number of morpholine rings is 1. The third-order valence-corrected chi connectivity index (χ3v) is 6.73. The summed E-state index contributed by atoms with van der Waals surface area (Å²) in [5, 5.41) is 6.71. The van der Waals surface area contributed by atoms with Crippen LogP contribution < -0.4 is 5.32 Å². The van der Waals surface area contributed by atoms with E-state index in [4.69, 9.17) is 9.26 Å². The molecule has 0 spiro atoms. The van der Waals surface area contributed by atoms with Crippen molar-refractivity contribution in [2.75, 3.05) is 25.4 Å². The number of carbonyl (C=O) groups excluding carboxylic acids is 1. The predicted molar refractivity (Wildman–Crippen MR) is 116 cm³/mol. The second-order valence-corrected chi connectivity index (χ2v) is 11.0. The average Bonchev–Trinajstić information content (AvgIpc) is 3.17. The number of amides is 1. The van der Waals surface area contributed by atoms with Crippen molar-refractivity contribution in [2.45, 2.75) is 52.2 Å². The number of hydrogen-bond donors (Lipinski definition) is 1. The van der Waals surface area contributed by atoms with E-state index in [1.165, 1.54) is 4.31 Å². The third kappa shape index (κ3) is 5.69. The van der Waals surface area contributed by atoms with Gasteiger partial charge in [0.1, 0.15) is 0 Å². The Labute approximate surface area is 183 Å². The standard InChI is InChI=1S/C21H30N4O5S/c1-14-12-25(13-15(2)29-14)31(27,28)11-10-22-18(26)16-8-6-7-9-17(16)19-23-20(24-30-19)21(3,4)5/h6-9,14-15H,10-13H2,1-5H3,(H,22,26). The second kappa shape index (κ2) is 9.05. The average molecular weight is 451 g/mol. The van der Waals surface area contributed by atoms with Crippen LogP contribution in [-0.2, 0) is 20.2 Å². The number of nitrogens with zero attached hydrogens (tertiary/aromatic N) is 3. The fourth-order valence-electron chi connectivity index (χ4n) is 3.38. The molecule has 0 saturated carbocycles. The van der Waals surface area contributed by atoms with Crippen LogP contribution in [0.1, 0.15) is 50.8 Å². The Morgan fingerprint density at radius 1 is 1.19 bits per heavy atom. The van der Waals surface area contributed by atoms with Crippen molar-refractivity contribution in [3.63, 3.8) is 0 Å². The highest BCUT2D eigenvalue weighted by Gasteiger charge is 2.31. The Morgan fingerprint density at radius 2 is 1.84 bits per heavy atom. The predicted octanol–water partition coefficient (Wildman–Crippen LogP) is 2.20. The van der Waals surface area contributed by atoms with Crippen LogP contribution in [-0.4, -0.2) is 66.4 Å². The lowest BCUT2D eigenvalue weighted by atomic mass is 9.96. The summed E-state index contributed by atoms with van der Waals surface area (Å²) in [6.45, 7) is 10.2. The number of aromatic nitrogens is 2. The van der Waals surface area contributed by atoms with Crippen molar-refractivity contribution in [3.05, 3.63) is 35.7 Å². The zero-order valence-corrected chi connectivity index (χ0v) is 19.4. The maximum absolute atomic E-state index is 12.8. The molecule has 0 bridgehead atoms. The molecule has 0 radical (unpaired) electrons. The van der Waals surface area contributed by atoms with Crippen molar-refractivity contribution < 1.29 is 22.5 Å². The molecule has 31 heavy (non-hydrogen) atoms. The van der Waals surface area contributed by atoms with Crippen LogP contribution in [0.2, 0.25) is 0 Å². The Balaban J connectivity index is 1.67. The van der Waals surface area contributed by atoms with E-state index in [0.29, 0.717) is 30.0 Å². The van der Waals surface area contributed by atoms with E-state index in [-0.39, 0.29) is 35.8 Å². The lowest BCUT2D eigenvalue weighted by Crippen LogP contribution is -2.49. The first-order valence-electron chi connectivity index (χ1n) is 10.3. The van der Waals surface area contributed by atoms with Gasteiger partial charge in [0.15, 0.2) is 5.82 Å². The van der Waals surface area contributed by atoms with Gasteiger partial charge in [0.05, 0.1) is 29.1 Å². The van der Waals surface area contributed by atoms with E-state index < -0.39 is 15.9 Å². The van der Waals surface area contributed by atoms with Gasteiger partial charge in [0.25, 0.3) is 11.8 Å². The number of rotatable bonds is 6. The van der Waals surface area contributed by atoms with Crippen LogP contribution in [0.15, 0.2) is 28.8 Å². The Hall–Kier alpha value is -2.30. The SMILES string of the molecule is CC1CN(S(=O)(=O)CCNC(=O)c2ccccc2-c2nc(C(C)(C)C)no2)CC(C)O1. The molecule has 2 heterocycles. The fourth-order valence-corrected chi connectivity index (χ4v) is 4.87. The second-order valence-electron chi connectivity index (χ2n) is 8.86. The highest BCUT2D eigenvalue weighted by molar-refractivity contribution is 7.89. The van der Waals surface area contributed by atoms with Crippen molar-refractivity contribution in [3.8, 4) is 11.5 Å². The van der Waals surface area contributed by atoms with Gasteiger partial charge in [-0.05, 0) is 26.0 Å². The topological polar surface area (TPSA) is 115 Å². The van der Waals surface area contributed by atoms with E-state index in [0.717, 1.165) is 0 Å². The largest absolute Gasteiger partial charge is 0.373 e. The van der Waals surface area contributed by atoms with Gasteiger partial charge in [-0.2, -0.15) is 9.29 Å². The summed E-state index contributed by atoms with van der Waals surface area (Å²) in [6.07, 6.45) is -0.320. The van der Waals surface area contributed by atoms with Crippen LogP contribution in [0, 0.1) is 0 Å². The minimum Gasteiger partial charge on any atom is -0.373 e. The quantitative estimate of drug-likeness (QED) is 0.717. The molecule has 1 N–H and O–H groups in total. The maximum atomic E-state index is 12.8. The van der Waals surface area contributed by atoms with Gasteiger partial charge in [0, 0.05) is 25.0 Å². The highest BCUT2D eigenvalue weighted by atomic mass is 32.2. The van der Waals surface area contributed by atoms with E-state index in [1.54, 1.807) is 24.3 Å². The molecule has 2 unspecified atom stereocenters. The van der Waals surface area contributed by atoms with E-state index in [9.17, 15) is 13.2 Å². The molecule has 1 aromatic carbocycles. The molecule has 2 atom stereocenters. The summed E-state index contributed by atoms with van der Waals surface area (Å²) in [6, 6.07) is 6.87. The molecule has 1 fully saturated rings. The molecule has 10 heteroatoms. The summed E-state index contributed by atoms with van der Waals surface area (Å²) in [4.78, 5) is 17.2. The first kappa shape index (κ1) is 23.4. The normalized spacial score (nSPS) is 20.5. The van der Waals surface area contributed by atoms with Crippen LogP contribution in [0.25, 0.3) is 11.5 Å². The minimum absolute atomic E-state index is 0.00725. The molecular formula is C21H30N4O5S. The lowest BCUT2D eigenvalue weighted by molar-refractivity contribution is -0.0440. The molecule has 0 aliphatic carbocycles. The van der Waals surface area contributed by atoms with Gasteiger partial charge in [-0.1, -0.05) is 38.1 Å². The van der Waals surface area contributed by atoms with E-state index in [1.807, 2.05) is 34.6 Å². The molecule has 9 nitrogen and oxygen atoms in total. The number of sulfonamides is 1. The zero-order valence-electron chi connectivity index (χ0n) is 18.6. The molecule has 1 saturated heterocycles. The number of carbonyl (C=O) groups is 1. The summed E-state index contributed by atoms with van der Waals surface area (Å²) < 4.78 is 37.7. The number of benzene rings is 1. The monoisotopic (exact) mass is 450 g/mol. The Bertz CT molecular complexity index is 1020. The zero-order chi connectivity index (χ0) is 22.8. The summed E-state index contributed by atoms with van der Waals surface area (Å²) in [7, 11) is -3.50. The number of hydrogen-bond acceptors (Lipinski definition) is 7. The van der Waals surface area contributed by atoms with Crippen LogP contribution in [0.4, 0.5) is 0 Å². The molecular weight excluding hydrogens is 420 g/mol. The molecule has 1 aliphatic rings. The van der Waals surface area contributed by atoms with Gasteiger partial charge in [-0.25, -0.2) is 8.42 Å². The van der Waals surface area contributed by atoms with E-state index >= 15 is 0 Å². The Kier molecular flexibility index (Phi) is 6.82. The van der Waals surface area contributed by atoms with Gasteiger partial charge >= 0.3 is 0 Å². The van der Waals surface area contributed by atoms with E-state index in [2.05, 4.69) is 15.5 Å². The van der Waals surface area contributed by atoms with Crippen LogP contribution >= 0.6 is 0 Å². The van der Waals surface area contributed by atoms with Gasteiger partial charge in [-0.3, -0.25) is 4.79 Å². The summed E-state index contributed by atoms with van der Waals surface area (Å²) in [5.74, 6) is 0.206. The van der Waals surface area contributed by atoms with Crippen molar-refractivity contribution >= 4 is 15.9 Å². The molecule has 170 valence electrons. The van der Waals surface area contributed by atoms with Gasteiger partial charge < -0.3 is 14.6 Å². The summed E-state index contributed by atoms with van der Waals surface area (Å²) in [5.41, 5.74) is 0.557. The van der Waals surface area contributed by atoms with Crippen LogP contribution in [0.3, 0.4) is 0 Å². The van der Waals surface area contributed by atoms with Gasteiger partial charge in [0.2, 0.25) is 10.0 Å². The first-order valence-corrected chi connectivity index (χ1v) is 11.9. The van der Waals surface area contributed by atoms with Crippen molar-refractivity contribution in [1.29, 1.82) is 0 Å². The first-order chi connectivity index (χ1) is 14.5. The minimum atomic E-state index is -3.50. The number of nitrogens with one attached hydrogen (secondary N) is 1. The highest BCUT2D eigenvalue weighted by Crippen LogP contribution is 2.26. The van der Waals surface area contributed by atoms with Crippen molar-refractivity contribution in [1.82, 2.24) is 19.8 Å². The lowest BCUT2D eigenvalue weighted by Gasteiger charge is -2.34. The Morgan fingerprint density at radius 3 is 2.45 bits per heavy atom. The molecule has 1 aliphatic heterocycles. The smallest absolute Gasteiger partial charge is 0.258 e. The van der Waals surface area contributed by atoms with Gasteiger partial charge in [-0.15, -0.1) is 0 Å².